The van der Waals surface area contributed by atoms with Crippen molar-refractivity contribution in [3.8, 4) is 0 Å². The Bertz CT molecular complexity index is 525. The van der Waals surface area contributed by atoms with E-state index in [0.29, 0.717) is 11.5 Å². The third-order valence-corrected chi connectivity index (χ3v) is 8.25. The second-order valence-corrected chi connectivity index (χ2v) is 10.3. The summed E-state index contributed by atoms with van der Waals surface area (Å²) in [5.74, 6) is 0.893. The molecule has 0 aromatic carbocycles. The zero-order valence-corrected chi connectivity index (χ0v) is 14.2. The zero-order chi connectivity index (χ0) is 13.6. The van der Waals surface area contributed by atoms with Crippen molar-refractivity contribution in [2.45, 2.75) is 37.4 Å². The lowest BCUT2D eigenvalue weighted by molar-refractivity contribution is 0.583. The first-order valence-electron chi connectivity index (χ1n) is 6.14. The maximum atomic E-state index is 11.5. The molecular weight excluding hydrogens is 332 g/mol. The van der Waals surface area contributed by atoms with Gasteiger partial charge in [0.05, 0.1) is 16.3 Å². The monoisotopic (exact) mass is 350 g/mol. The molecule has 1 aromatic heterocycles. The predicted molar refractivity (Wildman–Crippen MR) is 81.4 cm³/mol. The van der Waals surface area contributed by atoms with Gasteiger partial charge in [-0.1, -0.05) is 36.7 Å². The second-order valence-electron chi connectivity index (χ2n) is 6.02. The smallest absolute Gasteiger partial charge is 0.150 e. The van der Waals surface area contributed by atoms with E-state index in [2.05, 4.69) is 48.8 Å². The highest BCUT2D eigenvalue weighted by atomic mass is 79.9. The summed E-state index contributed by atoms with van der Waals surface area (Å²) in [5, 5.41) is 0. The number of rotatable bonds is 2. The molecule has 0 aliphatic carbocycles. The quantitative estimate of drug-likeness (QED) is 0.757. The molecule has 0 bridgehead atoms. The van der Waals surface area contributed by atoms with Gasteiger partial charge in [-0.3, -0.25) is 0 Å². The summed E-state index contributed by atoms with van der Waals surface area (Å²) in [4.78, 5) is 2.78. The van der Waals surface area contributed by atoms with Crippen LogP contribution in [0.4, 0.5) is 0 Å². The summed E-state index contributed by atoms with van der Waals surface area (Å²) in [6, 6.07) is 4.30. The Labute approximate surface area is 122 Å². The number of sulfone groups is 1. The molecule has 0 amide bonds. The molecule has 1 aromatic rings. The van der Waals surface area contributed by atoms with Crippen molar-refractivity contribution in [2.24, 2.45) is 5.92 Å². The van der Waals surface area contributed by atoms with Crippen LogP contribution in [-0.2, 0) is 15.3 Å². The van der Waals surface area contributed by atoms with E-state index in [1.54, 1.807) is 11.3 Å². The average Bonchev–Trinajstić information content (AvgIpc) is 2.82. The van der Waals surface area contributed by atoms with E-state index in [1.807, 2.05) is 0 Å². The first-order chi connectivity index (χ1) is 8.19. The molecule has 2 atom stereocenters. The van der Waals surface area contributed by atoms with Gasteiger partial charge in [0.1, 0.15) is 0 Å². The molecule has 0 N–H and O–H groups in total. The van der Waals surface area contributed by atoms with Gasteiger partial charge in [0.25, 0.3) is 0 Å². The molecule has 2 heterocycles. The van der Waals surface area contributed by atoms with E-state index in [4.69, 9.17) is 0 Å². The molecule has 2 unspecified atom stereocenters. The maximum Gasteiger partial charge on any atom is 0.150 e. The highest BCUT2D eigenvalue weighted by Crippen LogP contribution is 2.42. The number of halogens is 1. The van der Waals surface area contributed by atoms with E-state index in [1.165, 1.54) is 9.75 Å². The van der Waals surface area contributed by atoms with Crippen molar-refractivity contribution in [1.82, 2.24) is 0 Å². The van der Waals surface area contributed by atoms with Gasteiger partial charge < -0.3 is 0 Å². The van der Waals surface area contributed by atoms with Crippen molar-refractivity contribution in [2.75, 3.05) is 11.5 Å². The Hall–Kier alpha value is 0.130. The molecule has 0 saturated carbocycles. The van der Waals surface area contributed by atoms with E-state index in [0.717, 1.165) is 6.42 Å². The van der Waals surface area contributed by atoms with Crippen LogP contribution in [0.25, 0.3) is 0 Å². The molecule has 1 saturated heterocycles. The summed E-state index contributed by atoms with van der Waals surface area (Å²) in [6.45, 7) is 6.60. The molecule has 18 heavy (non-hydrogen) atoms. The minimum atomic E-state index is -2.80. The van der Waals surface area contributed by atoms with Gasteiger partial charge in [0.2, 0.25) is 0 Å². The average molecular weight is 351 g/mol. The van der Waals surface area contributed by atoms with Crippen LogP contribution >= 0.6 is 27.3 Å². The van der Waals surface area contributed by atoms with Gasteiger partial charge in [-0.25, -0.2) is 8.42 Å². The minimum absolute atomic E-state index is 0.164. The van der Waals surface area contributed by atoms with Crippen LogP contribution in [0.3, 0.4) is 0 Å². The van der Waals surface area contributed by atoms with Crippen LogP contribution in [0.1, 0.15) is 41.8 Å². The topological polar surface area (TPSA) is 34.1 Å². The SMILES string of the molecule is CC(C)(C)c1ccc(C(Br)C2CCS(=O)(=O)C2)s1. The van der Waals surface area contributed by atoms with Crippen LogP contribution in [0.2, 0.25) is 0 Å². The highest BCUT2D eigenvalue weighted by Gasteiger charge is 2.34. The molecule has 5 heteroatoms. The van der Waals surface area contributed by atoms with Gasteiger partial charge in [0.15, 0.2) is 9.84 Å². The normalized spacial score (nSPS) is 25.2. The van der Waals surface area contributed by atoms with Crippen LogP contribution in [0.15, 0.2) is 12.1 Å². The van der Waals surface area contributed by atoms with Crippen molar-refractivity contribution in [3.05, 3.63) is 21.9 Å². The highest BCUT2D eigenvalue weighted by molar-refractivity contribution is 9.09. The van der Waals surface area contributed by atoms with Gasteiger partial charge in [-0.2, -0.15) is 0 Å². The molecule has 1 fully saturated rings. The lowest BCUT2D eigenvalue weighted by Crippen LogP contribution is -2.09. The minimum Gasteiger partial charge on any atom is -0.229 e. The second kappa shape index (κ2) is 4.91. The summed E-state index contributed by atoms with van der Waals surface area (Å²) in [5.41, 5.74) is 0.164. The summed E-state index contributed by atoms with van der Waals surface area (Å²) >= 11 is 5.48. The predicted octanol–water partition coefficient (Wildman–Crippen LogP) is 3.92. The first kappa shape index (κ1) is 14.5. The third kappa shape index (κ3) is 3.17. The van der Waals surface area contributed by atoms with Crippen molar-refractivity contribution < 1.29 is 8.42 Å². The van der Waals surface area contributed by atoms with Crippen LogP contribution in [-0.4, -0.2) is 19.9 Å². The Kier molecular flexibility index (Phi) is 3.96. The zero-order valence-electron chi connectivity index (χ0n) is 10.9. The Morgan fingerprint density at radius 2 is 2.06 bits per heavy atom. The van der Waals surface area contributed by atoms with Gasteiger partial charge in [-0.15, -0.1) is 11.3 Å². The summed E-state index contributed by atoms with van der Waals surface area (Å²) in [7, 11) is -2.80. The number of hydrogen-bond acceptors (Lipinski definition) is 3. The van der Waals surface area contributed by atoms with E-state index >= 15 is 0 Å². The Morgan fingerprint density at radius 3 is 2.50 bits per heavy atom. The van der Waals surface area contributed by atoms with Crippen LogP contribution in [0.5, 0.6) is 0 Å². The molecule has 0 spiro atoms. The van der Waals surface area contributed by atoms with Gasteiger partial charge in [-0.05, 0) is 29.9 Å². The maximum absolute atomic E-state index is 11.5. The molecule has 2 rings (SSSR count). The first-order valence-corrected chi connectivity index (χ1v) is 9.69. The van der Waals surface area contributed by atoms with E-state index in [9.17, 15) is 8.42 Å². The molecule has 0 radical (unpaired) electrons. The molecule has 1 aliphatic heterocycles. The molecule has 2 nitrogen and oxygen atoms in total. The number of thiophene rings is 1. The van der Waals surface area contributed by atoms with E-state index < -0.39 is 9.84 Å². The van der Waals surface area contributed by atoms with E-state index in [-0.39, 0.29) is 16.2 Å². The molecule has 1 aliphatic rings. The fraction of sp³-hybridized carbons (Fsp3) is 0.692. The van der Waals surface area contributed by atoms with Gasteiger partial charge >= 0.3 is 0 Å². The standard InChI is InChI=1S/C13H19BrO2S2/c1-13(2,3)11-5-4-10(17-11)12(14)9-6-7-18(15,16)8-9/h4-5,9,12H,6-8H2,1-3H3. The lowest BCUT2D eigenvalue weighted by atomic mass is 9.95. The summed E-state index contributed by atoms with van der Waals surface area (Å²) < 4.78 is 23.0. The number of alkyl halides is 1. The largest absolute Gasteiger partial charge is 0.229 e. The molecular formula is C13H19BrO2S2. The van der Waals surface area contributed by atoms with Gasteiger partial charge in [0, 0.05) is 9.75 Å². The Morgan fingerprint density at radius 1 is 1.39 bits per heavy atom. The van der Waals surface area contributed by atoms with Crippen molar-refractivity contribution >= 4 is 37.1 Å². The fourth-order valence-electron chi connectivity index (χ4n) is 2.19. The molecule has 102 valence electrons. The van der Waals surface area contributed by atoms with Crippen LogP contribution < -0.4 is 0 Å². The third-order valence-electron chi connectivity index (χ3n) is 3.32. The lowest BCUT2D eigenvalue weighted by Gasteiger charge is -2.17. The number of hydrogen-bond donors (Lipinski definition) is 0. The van der Waals surface area contributed by atoms with Crippen molar-refractivity contribution in [1.29, 1.82) is 0 Å². The van der Waals surface area contributed by atoms with Crippen LogP contribution in [0, 0.1) is 5.92 Å². The summed E-state index contributed by atoms with van der Waals surface area (Å²) in [6.07, 6.45) is 0.779. The van der Waals surface area contributed by atoms with Crippen molar-refractivity contribution in [3.63, 3.8) is 0 Å². The Balaban J connectivity index is 2.15. The fourth-order valence-corrected chi connectivity index (χ4v) is 6.30.